The van der Waals surface area contributed by atoms with Gasteiger partial charge in [0.25, 0.3) is 0 Å². The first-order chi connectivity index (χ1) is 9.26. The second-order valence-electron chi connectivity index (χ2n) is 5.69. The maximum Gasteiger partial charge on any atom is 0.161 e. The summed E-state index contributed by atoms with van der Waals surface area (Å²) in [4.78, 5) is 0. The number of allylic oxidation sites excluding steroid dienone is 2. The van der Waals surface area contributed by atoms with E-state index in [2.05, 4.69) is 12.2 Å². The lowest BCUT2D eigenvalue weighted by Gasteiger charge is -2.23. The molecule has 2 aliphatic carbocycles. The lowest BCUT2D eigenvalue weighted by atomic mass is 9.93. The summed E-state index contributed by atoms with van der Waals surface area (Å²) in [5.41, 5.74) is 0. The van der Waals surface area contributed by atoms with Crippen LogP contribution in [0.25, 0.3) is 0 Å². The summed E-state index contributed by atoms with van der Waals surface area (Å²) in [6.07, 6.45) is 7.13. The van der Waals surface area contributed by atoms with Crippen molar-refractivity contribution in [3.63, 3.8) is 0 Å². The van der Waals surface area contributed by atoms with Gasteiger partial charge in [0.1, 0.15) is 6.10 Å². The quantitative estimate of drug-likeness (QED) is 0.558. The Morgan fingerprint density at radius 1 is 1.32 bits per heavy atom. The molecule has 1 heterocycles. The number of ether oxygens (including phenoxy) is 3. The lowest BCUT2D eigenvalue weighted by Crippen LogP contribution is -2.27. The third-order valence-electron chi connectivity index (χ3n) is 4.22. The summed E-state index contributed by atoms with van der Waals surface area (Å²) >= 11 is 11.5. The highest BCUT2D eigenvalue weighted by molar-refractivity contribution is 6.28. The number of rotatable bonds is 6. The van der Waals surface area contributed by atoms with E-state index in [-0.39, 0.29) is 17.8 Å². The van der Waals surface area contributed by atoms with Gasteiger partial charge in [-0.3, -0.25) is 0 Å². The molecule has 0 aromatic carbocycles. The molecule has 0 spiro atoms. The van der Waals surface area contributed by atoms with Crippen molar-refractivity contribution in [2.45, 2.75) is 30.6 Å². The molecule has 3 nitrogen and oxygen atoms in total. The largest absolute Gasteiger partial charge is 0.377 e. The fraction of sp³-hybridized carbons (Fsp3) is 0.857. The summed E-state index contributed by atoms with van der Waals surface area (Å²) in [5, 5.41) is -0.129. The molecule has 108 valence electrons. The minimum atomic E-state index is -0.129. The smallest absolute Gasteiger partial charge is 0.161 e. The zero-order valence-corrected chi connectivity index (χ0v) is 12.4. The minimum Gasteiger partial charge on any atom is -0.377 e. The second kappa shape index (κ2) is 6.31. The number of hydrogen-bond acceptors (Lipinski definition) is 3. The molecule has 3 rings (SSSR count). The van der Waals surface area contributed by atoms with Crippen molar-refractivity contribution >= 4 is 23.2 Å². The minimum absolute atomic E-state index is 0.0345. The van der Waals surface area contributed by atoms with Crippen molar-refractivity contribution in [3.05, 3.63) is 12.2 Å². The van der Waals surface area contributed by atoms with Gasteiger partial charge < -0.3 is 14.2 Å². The first-order valence-electron chi connectivity index (χ1n) is 6.99. The zero-order valence-electron chi connectivity index (χ0n) is 10.8. The van der Waals surface area contributed by atoms with Crippen molar-refractivity contribution in [1.82, 2.24) is 0 Å². The average Bonchev–Trinajstić information content (AvgIpc) is 3.13. The van der Waals surface area contributed by atoms with E-state index in [1.807, 2.05) is 0 Å². The predicted molar refractivity (Wildman–Crippen MR) is 74.6 cm³/mol. The fourth-order valence-electron chi connectivity index (χ4n) is 3.29. The zero-order chi connectivity index (χ0) is 13.2. The Labute approximate surface area is 124 Å². The van der Waals surface area contributed by atoms with Crippen LogP contribution >= 0.6 is 23.2 Å². The summed E-state index contributed by atoms with van der Waals surface area (Å²) in [5.74, 6) is 2.34. The molecule has 0 radical (unpaired) electrons. The van der Waals surface area contributed by atoms with Gasteiger partial charge in [0, 0.05) is 11.8 Å². The standard InChI is InChI=1S/C14H20Cl2O3/c15-5-11(16)6-17-7-12-8-18-14(19-12)13-4-9-1-2-10(13)3-9/h1-2,9-14H,3-8H2/t9-,10-,11-,12+,13-,14-/m0/s1. The van der Waals surface area contributed by atoms with E-state index >= 15 is 0 Å². The highest BCUT2D eigenvalue weighted by Gasteiger charge is 2.44. The predicted octanol–water partition coefficient (Wildman–Crippen LogP) is 2.80. The van der Waals surface area contributed by atoms with E-state index in [0.717, 1.165) is 5.92 Å². The topological polar surface area (TPSA) is 27.7 Å². The maximum atomic E-state index is 5.96. The third-order valence-corrected chi connectivity index (χ3v) is 5.03. The van der Waals surface area contributed by atoms with Gasteiger partial charge in [-0.25, -0.2) is 0 Å². The Bertz CT molecular complexity index is 337. The van der Waals surface area contributed by atoms with Crippen molar-refractivity contribution in [2.75, 3.05) is 25.7 Å². The molecular formula is C14H20Cl2O3. The first kappa shape index (κ1) is 14.2. The van der Waals surface area contributed by atoms with Crippen LogP contribution in [-0.4, -0.2) is 43.5 Å². The van der Waals surface area contributed by atoms with E-state index in [4.69, 9.17) is 37.4 Å². The number of alkyl halides is 2. The van der Waals surface area contributed by atoms with Crippen molar-refractivity contribution < 1.29 is 14.2 Å². The highest BCUT2D eigenvalue weighted by atomic mass is 35.5. The molecule has 6 atom stereocenters. The molecule has 5 heteroatoms. The van der Waals surface area contributed by atoms with Crippen molar-refractivity contribution in [2.24, 2.45) is 17.8 Å². The molecule has 1 aliphatic heterocycles. The molecule has 1 saturated carbocycles. The van der Waals surface area contributed by atoms with Gasteiger partial charge in [-0.05, 0) is 24.7 Å². The third kappa shape index (κ3) is 3.27. The molecule has 3 aliphatic rings. The summed E-state index contributed by atoms with van der Waals surface area (Å²) in [6.45, 7) is 1.62. The van der Waals surface area contributed by atoms with Crippen LogP contribution in [0.5, 0.6) is 0 Å². The Hall–Kier alpha value is 0.200. The van der Waals surface area contributed by atoms with E-state index in [0.29, 0.717) is 37.5 Å². The van der Waals surface area contributed by atoms with Gasteiger partial charge >= 0.3 is 0 Å². The van der Waals surface area contributed by atoms with Crippen LogP contribution in [0.1, 0.15) is 12.8 Å². The summed E-state index contributed by atoms with van der Waals surface area (Å²) in [6, 6.07) is 0. The lowest BCUT2D eigenvalue weighted by molar-refractivity contribution is -0.111. The average molecular weight is 307 g/mol. The first-order valence-corrected chi connectivity index (χ1v) is 7.96. The Balaban J connectivity index is 1.40. The summed E-state index contributed by atoms with van der Waals surface area (Å²) in [7, 11) is 0. The Morgan fingerprint density at radius 3 is 2.89 bits per heavy atom. The molecule has 0 aromatic heterocycles. The van der Waals surface area contributed by atoms with Crippen LogP contribution in [0.3, 0.4) is 0 Å². The number of hydrogen-bond donors (Lipinski definition) is 0. The molecular weight excluding hydrogens is 287 g/mol. The van der Waals surface area contributed by atoms with E-state index in [9.17, 15) is 0 Å². The Morgan fingerprint density at radius 2 is 2.21 bits per heavy atom. The van der Waals surface area contributed by atoms with Crippen LogP contribution in [0.4, 0.5) is 0 Å². The second-order valence-corrected chi connectivity index (χ2v) is 6.62. The van der Waals surface area contributed by atoms with E-state index in [1.54, 1.807) is 0 Å². The molecule has 2 bridgehead atoms. The summed E-state index contributed by atoms with van der Waals surface area (Å²) < 4.78 is 17.3. The molecule has 0 amide bonds. The monoisotopic (exact) mass is 306 g/mol. The van der Waals surface area contributed by atoms with Gasteiger partial charge in [0.05, 0.1) is 25.2 Å². The van der Waals surface area contributed by atoms with Crippen LogP contribution in [0.15, 0.2) is 12.2 Å². The van der Waals surface area contributed by atoms with Gasteiger partial charge in [0.15, 0.2) is 6.29 Å². The van der Waals surface area contributed by atoms with Crippen LogP contribution in [0, 0.1) is 17.8 Å². The molecule has 2 fully saturated rings. The van der Waals surface area contributed by atoms with Gasteiger partial charge in [-0.15, -0.1) is 23.2 Å². The SMILES string of the molecule is ClC[C@H](Cl)COC[C@@H]1CO[C@H]([C@H]2C[C@H]3C=C[C@H]2C3)O1. The van der Waals surface area contributed by atoms with Gasteiger partial charge in [-0.1, -0.05) is 12.2 Å². The molecule has 19 heavy (non-hydrogen) atoms. The molecule has 1 saturated heterocycles. The van der Waals surface area contributed by atoms with Crippen molar-refractivity contribution in [3.8, 4) is 0 Å². The highest BCUT2D eigenvalue weighted by Crippen LogP contribution is 2.46. The van der Waals surface area contributed by atoms with Crippen LogP contribution in [-0.2, 0) is 14.2 Å². The van der Waals surface area contributed by atoms with Crippen LogP contribution < -0.4 is 0 Å². The molecule has 0 aromatic rings. The van der Waals surface area contributed by atoms with Gasteiger partial charge in [0.2, 0.25) is 0 Å². The van der Waals surface area contributed by atoms with Gasteiger partial charge in [-0.2, -0.15) is 0 Å². The van der Waals surface area contributed by atoms with E-state index < -0.39 is 0 Å². The fourth-order valence-corrected chi connectivity index (χ4v) is 3.47. The molecule has 0 N–H and O–H groups in total. The number of fused-ring (bicyclic) bond motifs is 2. The molecule has 0 unspecified atom stereocenters. The Kier molecular flexibility index (Phi) is 4.70. The maximum absolute atomic E-state index is 5.96. The van der Waals surface area contributed by atoms with Crippen LogP contribution in [0.2, 0.25) is 0 Å². The van der Waals surface area contributed by atoms with Crippen molar-refractivity contribution in [1.29, 1.82) is 0 Å². The normalized spacial score (nSPS) is 42.1. The van der Waals surface area contributed by atoms with E-state index in [1.165, 1.54) is 12.8 Å². The number of halogens is 2.